The van der Waals surface area contributed by atoms with Gasteiger partial charge in [-0.3, -0.25) is 0 Å². The number of H-pyrrole nitrogens is 1. The topological polar surface area (TPSA) is 62.3 Å². The van der Waals surface area contributed by atoms with Gasteiger partial charge in [-0.15, -0.1) is 0 Å². The van der Waals surface area contributed by atoms with Crippen LogP contribution in [0.2, 0.25) is 0 Å². The van der Waals surface area contributed by atoms with Crippen LogP contribution >= 0.6 is 0 Å². The minimum absolute atomic E-state index is 0.0675. The third-order valence-electron chi connectivity index (χ3n) is 4.11. The number of phenolic OH excluding ortho intramolecular Hbond substituents is 1. The van der Waals surface area contributed by atoms with Crippen molar-refractivity contribution in [2.24, 2.45) is 0 Å². The van der Waals surface area contributed by atoms with Crippen molar-refractivity contribution in [2.75, 3.05) is 6.61 Å². The van der Waals surface area contributed by atoms with Gasteiger partial charge < -0.3 is 14.8 Å². The van der Waals surface area contributed by atoms with E-state index in [9.17, 15) is 9.90 Å². The van der Waals surface area contributed by atoms with Crippen molar-refractivity contribution in [3.63, 3.8) is 0 Å². The number of benzene rings is 3. The van der Waals surface area contributed by atoms with Crippen LogP contribution in [0.25, 0.3) is 32.6 Å². The maximum Gasteiger partial charge on any atom is 0.341 e. The molecule has 0 aliphatic carbocycles. The number of carbonyl (C=O) groups is 1. The highest BCUT2D eigenvalue weighted by Gasteiger charge is 2.15. The number of esters is 1. The lowest BCUT2D eigenvalue weighted by molar-refractivity contribution is 0.0523. The van der Waals surface area contributed by atoms with E-state index in [1.54, 1.807) is 19.1 Å². The predicted octanol–water partition coefficient (Wildman–Crippen LogP) is 4.36. The normalized spacial score (nSPS) is 11.3. The van der Waals surface area contributed by atoms with Crippen molar-refractivity contribution in [3.05, 3.63) is 54.1 Å². The van der Waals surface area contributed by atoms with E-state index in [1.165, 1.54) is 0 Å². The Balaban J connectivity index is 2.03. The van der Waals surface area contributed by atoms with Crippen molar-refractivity contribution in [1.82, 2.24) is 4.98 Å². The summed E-state index contributed by atoms with van der Waals surface area (Å²) in [5.74, 6) is -0.578. The van der Waals surface area contributed by atoms with Gasteiger partial charge in [0.05, 0.1) is 12.1 Å². The van der Waals surface area contributed by atoms with E-state index >= 15 is 0 Å². The zero-order chi connectivity index (χ0) is 16.0. The van der Waals surface area contributed by atoms with Crippen molar-refractivity contribution >= 4 is 38.5 Å². The van der Waals surface area contributed by atoms with Crippen LogP contribution in [0, 0.1) is 0 Å². The average molecular weight is 305 g/mol. The minimum atomic E-state index is -0.511. The van der Waals surface area contributed by atoms with Crippen LogP contribution < -0.4 is 0 Å². The third-order valence-corrected chi connectivity index (χ3v) is 4.11. The Morgan fingerprint density at radius 2 is 1.91 bits per heavy atom. The summed E-state index contributed by atoms with van der Waals surface area (Å²) in [5.41, 5.74) is 2.19. The SMILES string of the molecule is CCOC(=O)c1cc2ccc3c4ccccc4[nH]c3c2cc1O. The lowest BCUT2D eigenvalue weighted by atomic mass is 10.0. The van der Waals surface area contributed by atoms with E-state index in [-0.39, 0.29) is 17.9 Å². The Labute approximate surface area is 132 Å². The molecule has 114 valence electrons. The Morgan fingerprint density at radius 1 is 1.09 bits per heavy atom. The first-order valence-corrected chi connectivity index (χ1v) is 7.52. The fourth-order valence-electron chi connectivity index (χ4n) is 3.05. The average Bonchev–Trinajstić information content (AvgIpc) is 2.93. The van der Waals surface area contributed by atoms with Crippen LogP contribution in [0.4, 0.5) is 0 Å². The van der Waals surface area contributed by atoms with Gasteiger partial charge in [0.2, 0.25) is 0 Å². The van der Waals surface area contributed by atoms with Crippen molar-refractivity contribution in [3.8, 4) is 5.75 Å². The van der Waals surface area contributed by atoms with Gasteiger partial charge in [0.15, 0.2) is 0 Å². The van der Waals surface area contributed by atoms with E-state index in [1.807, 2.05) is 30.3 Å². The van der Waals surface area contributed by atoms with Gasteiger partial charge in [-0.2, -0.15) is 0 Å². The fourth-order valence-corrected chi connectivity index (χ4v) is 3.05. The molecule has 4 nitrogen and oxygen atoms in total. The Morgan fingerprint density at radius 3 is 2.74 bits per heavy atom. The molecule has 0 aliphatic rings. The second-order valence-corrected chi connectivity index (χ2v) is 5.47. The lowest BCUT2D eigenvalue weighted by Gasteiger charge is -2.07. The monoisotopic (exact) mass is 305 g/mol. The Kier molecular flexibility index (Phi) is 2.98. The first-order valence-electron chi connectivity index (χ1n) is 7.52. The third kappa shape index (κ3) is 2.03. The number of para-hydroxylation sites is 1. The first-order chi connectivity index (χ1) is 11.2. The number of hydrogen-bond donors (Lipinski definition) is 2. The smallest absolute Gasteiger partial charge is 0.341 e. The first kappa shape index (κ1) is 13.6. The molecule has 4 aromatic rings. The molecule has 0 bridgehead atoms. The number of nitrogens with one attached hydrogen (secondary N) is 1. The maximum absolute atomic E-state index is 11.9. The molecule has 0 saturated carbocycles. The molecule has 0 unspecified atom stereocenters. The summed E-state index contributed by atoms with van der Waals surface area (Å²) in [7, 11) is 0. The minimum Gasteiger partial charge on any atom is -0.507 e. The van der Waals surface area contributed by atoms with E-state index < -0.39 is 5.97 Å². The van der Waals surface area contributed by atoms with Gasteiger partial charge in [-0.1, -0.05) is 30.3 Å². The largest absolute Gasteiger partial charge is 0.507 e. The van der Waals surface area contributed by atoms with E-state index in [0.29, 0.717) is 0 Å². The molecule has 3 aromatic carbocycles. The van der Waals surface area contributed by atoms with Gasteiger partial charge in [-0.05, 0) is 30.5 Å². The summed E-state index contributed by atoms with van der Waals surface area (Å²) in [6, 6.07) is 15.4. The van der Waals surface area contributed by atoms with Crippen molar-refractivity contribution < 1.29 is 14.6 Å². The number of fused-ring (bicyclic) bond motifs is 5. The number of hydrogen-bond acceptors (Lipinski definition) is 3. The molecule has 23 heavy (non-hydrogen) atoms. The number of aromatic nitrogens is 1. The predicted molar refractivity (Wildman–Crippen MR) is 90.9 cm³/mol. The van der Waals surface area contributed by atoms with E-state index in [0.717, 1.165) is 32.6 Å². The molecule has 0 saturated heterocycles. The van der Waals surface area contributed by atoms with Crippen molar-refractivity contribution in [2.45, 2.75) is 6.92 Å². The zero-order valence-corrected chi connectivity index (χ0v) is 12.6. The number of aromatic amines is 1. The molecule has 0 amide bonds. The molecule has 0 spiro atoms. The van der Waals surface area contributed by atoms with Crippen LogP contribution in [-0.4, -0.2) is 22.7 Å². The number of ether oxygens (including phenoxy) is 1. The van der Waals surface area contributed by atoms with Crippen LogP contribution in [0.3, 0.4) is 0 Å². The summed E-state index contributed by atoms with van der Waals surface area (Å²) in [6.07, 6.45) is 0. The molecule has 0 aliphatic heterocycles. The number of aromatic hydroxyl groups is 1. The van der Waals surface area contributed by atoms with Crippen molar-refractivity contribution in [1.29, 1.82) is 0 Å². The molecular weight excluding hydrogens is 290 g/mol. The van der Waals surface area contributed by atoms with Gasteiger partial charge in [-0.25, -0.2) is 4.79 Å². The molecule has 4 heteroatoms. The Bertz CT molecular complexity index is 1060. The number of carbonyl (C=O) groups excluding carboxylic acids is 1. The summed E-state index contributed by atoms with van der Waals surface area (Å²) in [5, 5.41) is 14.2. The fraction of sp³-hybridized carbons (Fsp3) is 0.105. The highest BCUT2D eigenvalue weighted by molar-refractivity contribution is 6.17. The molecule has 1 aromatic heterocycles. The van der Waals surface area contributed by atoms with Gasteiger partial charge >= 0.3 is 5.97 Å². The second kappa shape index (κ2) is 5.02. The number of rotatable bonds is 2. The van der Waals surface area contributed by atoms with E-state index in [2.05, 4.69) is 11.1 Å². The van der Waals surface area contributed by atoms with E-state index in [4.69, 9.17) is 4.74 Å². The lowest BCUT2D eigenvalue weighted by Crippen LogP contribution is -2.04. The number of phenols is 1. The standard InChI is InChI=1S/C19H15NO3/c1-2-23-19(22)15-9-11-7-8-13-12-5-3-4-6-16(12)20-18(13)14(11)10-17(15)21/h3-10,20-21H,2H2,1H3. The van der Waals surface area contributed by atoms with Crippen LogP contribution in [0.1, 0.15) is 17.3 Å². The summed E-state index contributed by atoms with van der Waals surface area (Å²) >= 11 is 0. The molecular formula is C19H15NO3. The molecule has 0 radical (unpaired) electrons. The highest BCUT2D eigenvalue weighted by atomic mass is 16.5. The van der Waals surface area contributed by atoms with Crippen LogP contribution in [0.15, 0.2) is 48.5 Å². The molecule has 2 N–H and O–H groups in total. The second-order valence-electron chi connectivity index (χ2n) is 5.47. The van der Waals surface area contributed by atoms with Gasteiger partial charge in [0.1, 0.15) is 11.3 Å². The van der Waals surface area contributed by atoms with Crippen LogP contribution in [0.5, 0.6) is 5.75 Å². The van der Waals surface area contributed by atoms with Crippen LogP contribution in [-0.2, 0) is 4.74 Å². The van der Waals surface area contributed by atoms with Gasteiger partial charge in [0, 0.05) is 21.7 Å². The summed E-state index contributed by atoms with van der Waals surface area (Å²) in [6.45, 7) is 2.02. The molecule has 0 fully saturated rings. The Hall–Kier alpha value is -3.01. The molecule has 0 atom stereocenters. The van der Waals surface area contributed by atoms with Gasteiger partial charge in [0.25, 0.3) is 0 Å². The summed E-state index contributed by atoms with van der Waals surface area (Å²) in [4.78, 5) is 15.3. The molecule has 4 rings (SSSR count). The molecule has 1 heterocycles. The summed E-state index contributed by atoms with van der Waals surface area (Å²) < 4.78 is 4.99. The quantitative estimate of drug-likeness (QED) is 0.541. The highest BCUT2D eigenvalue weighted by Crippen LogP contribution is 2.34. The maximum atomic E-state index is 11.9. The zero-order valence-electron chi connectivity index (χ0n) is 12.6.